The number of aliphatic hydroxyl groups is 1. The molecule has 0 aromatic heterocycles. The molecule has 1 aromatic rings. The molecule has 2 aliphatic rings. The van der Waals surface area contributed by atoms with Gasteiger partial charge >= 0.3 is 0 Å². The van der Waals surface area contributed by atoms with Crippen molar-refractivity contribution in [3.8, 4) is 5.75 Å². The number of aliphatic hydroxyl groups excluding tert-OH is 1. The molecule has 98 valence electrons. The minimum atomic E-state index is -0.159. The number of benzene rings is 1. The molecule has 2 saturated carbocycles. The summed E-state index contributed by atoms with van der Waals surface area (Å²) in [5, 5.41) is 10.4. The Labute approximate surface area is 109 Å². The maximum absolute atomic E-state index is 10.4. The molecule has 3 rings (SSSR count). The van der Waals surface area contributed by atoms with Crippen molar-refractivity contribution in [3.05, 3.63) is 29.8 Å². The average Bonchev–Trinajstić information content (AvgIpc) is 3.02. The average molecular weight is 246 g/mol. The van der Waals surface area contributed by atoms with Gasteiger partial charge in [0.05, 0.1) is 13.2 Å². The van der Waals surface area contributed by atoms with Crippen molar-refractivity contribution < 1.29 is 9.84 Å². The molecule has 4 unspecified atom stereocenters. The van der Waals surface area contributed by atoms with Gasteiger partial charge in [0, 0.05) is 0 Å². The minimum Gasteiger partial charge on any atom is -0.497 e. The lowest BCUT2D eigenvalue weighted by Gasteiger charge is -2.26. The van der Waals surface area contributed by atoms with E-state index in [0.29, 0.717) is 5.92 Å². The Bertz CT molecular complexity index is 398. The fourth-order valence-corrected chi connectivity index (χ4v) is 3.92. The van der Waals surface area contributed by atoms with Gasteiger partial charge in [0.25, 0.3) is 0 Å². The third-order valence-electron chi connectivity index (χ3n) is 4.89. The fourth-order valence-electron chi connectivity index (χ4n) is 3.92. The molecule has 0 spiro atoms. The molecular weight excluding hydrogens is 224 g/mol. The third-order valence-corrected chi connectivity index (χ3v) is 4.89. The van der Waals surface area contributed by atoms with Gasteiger partial charge in [-0.05, 0) is 61.1 Å². The summed E-state index contributed by atoms with van der Waals surface area (Å²) in [5.74, 6) is 3.13. The number of rotatable bonds is 4. The van der Waals surface area contributed by atoms with Crippen molar-refractivity contribution >= 4 is 0 Å². The van der Waals surface area contributed by atoms with Crippen LogP contribution in [0.3, 0.4) is 0 Å². The highest BCUT2D eigenvalue weighted by molar-refractivity contribution is 5.27. The van der Waals surface area contributed by atoms with Crippen molar-refractivity contribution in [2.45, 2.75) is 38.2 Å². The number of methoxy groups -OCH3 is 1. The lowest BCUT2D eigenvalue weighted by Crippen LogP contribution is -2.27. The van der Waals surface area contributed by atoms with Gasteiger partial charge in [0.2, 0.25) is 0 Å². The first-order chi connectivity index (χ1) is 8.76. The zero-order chi connectivity index (χ0) is 12.5. The molecule has 1 N–H and O–H groups in total. The summed E-state index contributed by atoms with van der Waals surface area (Å²) < 4.78 is 5.15. The molecule has 18 heavy (non-hydrogen) atoms. The van der Waals surface area contributed by atoms with E-state index in [2.05, 4.69) is 12.1 Å². The van der Waals surface area contributed by atoms with E-state index in [1.807, 2.05) is 12.1 Å². The first kappa shape index (κ1) is 12.0. The second kappa shape index (κ2) is 4.93. The molecule has 0 aliphatic heterocycles. The number of fused-ring (bicyclic) bond motifs is 2. The molecule has 2 aliphatic carbocycles. The van der Waals surface area contributed by atoms with Gasteiger partial charge in [-0.2, -0.15) is 0 Å². The fraction of sp³-hybridized carbons (Fsp3) is 0.625. The summed E-state index contributed by atoms with van der Waals surface area (Å²) >= 11 is 0. The molecule has 1 aromatic carbocycles. The Morgan fingerprint density at radius 3 is 2.56 bits per heavy atom. The Morgan fingerprint density at radius 1 is 1.22 bits per heavy atom. The topological polar surface area (TPSA) is 29.5 Å². The summed E-state index contributed by atoms with van der Waals surface area (Å²) in [7, 11) is 1.68. The van der Waals surface area contributed by atoms with E-state index in [0.717, 1.165) is 24.0 Å². The van der Waals surface area contributed by atoms with E-state index in [4.69, 9.17) is 4.74 Å². The van der Waals surface area contributed by atoms with E-state index < -0.39 is 0 Å². The first-order valence-corrected chi connectivity index (χ1v) is 7.07. The van der Waals surface area contributed by atoms with E-state index in [9.17, 15) is 5.11 Å². The predicted octanol–water partition coefficient (Wildman–Crippen LogP) is 3.03. The quantitative estimate of drug-likeness (QED) is 0.885. The van der Waals surface area contributed by atoms with Gasteiger partial charge in [-0.15, -0.1) is 0 Å². The summed E-state index contributed by atoms with van der Waals surface area (Å²) in [5.41, 5.74) is 1.21. The molecule has 0 radical (unpaired) electrons. The van der Waals surface area contributed by atoms with Crippen LogP contribution in [0.25, 0.3) is 0 Å². The Hall–Kier alpha value is -1.02. The van der Waals surface area contributed by atoms with Crippen LogP contribution < -0.4 is 4.74 Å². The molecule has 0 heterocycles. The molecule has 0 saturated heterocycles. The summed E-state index contributed by atoms with van der Waals surface area (Å²) in [4.78, 5) is 0. The largest absolute Gasteiger partial charge is 0.497 e. The van der Waals surface area contributed by atoms with Crippen LogP contribution in [-0.4, -0.2) is 18.3 Å². The van der Waals surface area contributed by atoms with Crippen LogP contribution in [0.5, 0.6) is 5.75 Å². The van der Waals surface area contributed by atoms with Crippen molar-refractivity contribution in [1.82, 2.24) is 0 Å². The van der Waals surface area contributed by atoms with Crippen LogP contribution in [0.2, 0.25) is 0 Å². The molecule has 4 atom stereocenters. The first-order valence-electron chi connectivity index (χ1n) is 7.07. The van der Waals surface area contributed by atoms with E-state index >= 15 is 0 Å². The Balaban J connectivity index is 1.61. The van der Waals surface area contributed by atoms with Crippen molar-refractivity contribution in [3.63, 3.8) is 0 Å². The zero-order valence-corrected chi connectivity index (χ0v) is 11.0. The highest BCUT2D eigenvalue weighted by atomic mass is 16.5. The second-order valence-electron chi connectivity index (χ2n) is 5.96. The zero-order valence-electron chi connectivity index (χ0n) is 11.0. The van der Waals surface area contributed by atoms with Crippen molar-refractivity contribution in [2.75, 3.05) is 7.11 Å². The monoisotopic (exact) mass is 246 g/mol. The Kier molecular flexibility index (Phi) is 3.29. The van der Waals surface area contributed by atoms with Crippen molar-refractivity contribution in [2.24, 2.45) is 17.8 Å². The maximum Gasteiger partial charge on any atom is 0.118 e. The van der Waals surface area contributed by atoms with Crippen LogP contribution in [-0.2, 0) is 6.42 Å². The standard InChI is InChI=1S/C16H22O2/c1-18-14-6-3-11(4-7-14)10-16(17)15-9-12-2-5-13(15)8-12/h3-4,6-7,12-13,15-17H,2,5,8-10H2,1H3. The van der Waals surface area contributed by atoms with Gasteiger partial charge in [-0.3, -0.25) is 0 Å². The predicted molar refractivity (Wildman–Crippen MR) is 71.6 cm³/mol. The van der Waals surface area contributed by atoms with Gasteiger partial charge in [-0.25, -0.2) is 0 Å². The third kappa shape index (κ3) is 2.26. The normalized spacial score (nSPS) is 31.6. The summed E-state index contributed by atoms with van der Waals surface area (Å²) in [6.45, 7) is 0. The number of hydrogen-bond donors (Lipinski definition) is 1. The van der Waals surface area contributed by atoms with Gasteiger partial charge in [-0.1, -0.05) is 18.6 Å². The Morgan fingerprint density at radius 2 is 2.00 bits per heavy atom. The highest BCUT2D eigenvalue weighted by Crippen LogP contribution is 2.49. The van der Waals surface area contributed by atoms with Crippen LogP contribution in [0.4, 0.5) is 0 Å². The molecular formula is C16H22O2. The second-order valence-corrected chi connectivity index (χ2v) is 5.96. The molecule has 2 heteroatoms. The van der Waals surface area contributed by atoms with E-state index in [1.165, 1.54) is 31.2 Å². The van der Waals surface area contributed by atoms with Crippen molar-refractivity contribution in [1.29, 1.82) is 0 Å². The molecule has 2 bridgehead atoms. The number of hydrogen-bond acceptors (Lipinski definition) is 2. The summed E-state index contributed by atoms with van der Waals surface area (Å²) in [6.07, 6.45) is 5.99. The van der Waals surface area contributed by atoms with E-state index in [-0.39, 0.29) is 6.10 Å². The molecule has 0 amide bonds. The van der Waals surface area contributed by atoms with Crippen LogP contribution in [0.1, 0.15) is 31.2 Å². The molecule has 2 fully saturated rings. The SMILES string of the molecule is COc1ccc(CC(O)C2CC3CCC2C3)cc1. The van der Waals surface area contributed by atoms with Gasteiger partial charge < -0.3 is 9.84 Å². The minimum absolute atomic E-state index is 0.159. The lowest BCUT2D eigenvalue weighted by atomic mass is 9.82. The van der Waals surface area contributed by atoms with Crippen LogP contribution >= 0.6 is 0 Å². The van der Waals surface area contributed by atoms with Gasteiger partial charge in [0.15, 0.2) is 0 Å². The lowest BCUT2D eigenvalue weighted by molar-refractivity contribution is 0.0751. The maximum atomic E-state index is 10.4. The summed E-state index contributed by atoms with van der Waals surface area (Å²) in [6, 6.07) is 8.08. The smallest absolute Gasteiger partial charge is 0.118 e. The highest BCUT2D eigenvalue weighted by Gasteiger charge is 2.42. The van der Waals surface area contributed by atoms with E-state index in [1.54, 1.807) is 7.11 Å². The van der Waals surface area contributed by atoms with Crippen LogP contribution in [0, 0.1) is 17.8 Å². The van der Waals surface area contributed by atoms with Gasteiger partial charge in [0.1, 0.15) is 5.75 Å². The molecule has 2 nitrogen and oxygen atoms in total. The number of ether oxygens (including phenoxy) is 1. The van der Waals surface area contributed by atoms with Crippen LogP contribution in [0.15, 0.2) is 24.3 Å².